The molecule has 0 fully saturated rings. The Morgan fingerprint density at radius 2 is 2.18 bits per heavy atom. The number of nitrogens with two attached hydrogens (primary N) is 1. The zero-order valence-corrected chi connectivity index (χ0v) is 12.4. The third kappa shape index (κ3) is 3.32. The molecule has 0 amide bonds. The number of hydrogen-bond acceptors (Lipinski definition) is 2. The first kappa shape index (κ1) is 13.1. The smallest absolute Gasteiger partial charge is 0.0408 e. The fourth-order valence-corrected chi connectivity index (χ4v) is 3.59. The summed E-state index contributed by atoms with van der Waals surface area (Å²) in [5, 5.41) is 2.86. The van der Waals surface area contributed by atoms with Crippen LogP contribution < -0.4 is 5.73 Å². The quantitative estimate of drug-likeness (QED) is 0.880. The third-order valence-electron chi connectivity index (χ3n) is 2.73. The van der Waals surface area contributed by atoms with Gasteiger partial charge in [-0.05, 0) is 58.0 Å². The van der Waals surface area contributed by atoms with Gasteiger partial charge in [0, 0.05) is 20.3 Å². The molecule has 0 radical (unpaired) electrons. The lowest BCUT2D eigenvalue weighted by atomic mass is 9.95. The normalized spacial score (nSPS) is 12.6. The summed E-state index contributed by atoms with van der Waals surface area (Å²) < 4.78 is 1.17. The van der Waals surface area contributed by atoms with Gasteiger partial charge in [-0.1, -0.05) is 23.7 Å². The summed E-state index contributed by atoms with van der Waals surface area (Å²) in [5.41, 5.74) is 7.08. The Morgan fingerprint density at radius 1 is 1.35 bits per heavy atom. The Labute approximate surface area is 119 Å². The van der Waals surface area contributed by atoms with E-state index in [0.29, 0.717) is 12.5 Å². The maximum atomic E-state index is 6.01. The molecule has 1 heterocycles. The van der Waals surface area contributed by atoms with Gasteiger partial charge >= 0.3 is 0 Å². The van der Waals surface area contributed by atoms with E-state index >= 15 is 0 Å². The number of rotatable bonds is 4. The van der Waals surface area contributed by atoms with Gasteiger partial charge in [0.05, 0.1) is 0 Å². The van der Waals surface area contributed by atoms with Crippen molar-refractivity contribution in [2.45, 2.75) is 12.3 Å². The van der Waals surface area contributed by atoms with Crippen molar-refractivity contribution < 1.29 is 0 Å². The van der Waals surface area contributed by atoms with Crippen LogP contribution in [-0.4, -0.2) is 6.54 Å². The highest BCUT2D eigenvalue weighted by molar-refractivity contribution is 9.10. The lowest BCUT2D eigenvalue weighted by molar-refractivity contribution is 0.700. The first-order chi connectivity index (χ1) is 8.20. The average molecular weight is 331 g/mol. The van der Waals surface area contributed by atoms with Crippen LogP contribution >= 0.6 is 38.9 Å². The molecule has 1 aromatic carbocycles. The van der Waals surface area contributed by atoms with Crippen molar-refractivity contribution in [3.8, 4) is 0 Å². The molecular weight excluding hydrogens is 318 g/mol. The van der Waals surface area contributed by atoms with Gasteiger partial charge in [0.2, 0.25) is 0 Å². The third-order valence-corrected chi connectivity index (χ3v) is 4.91. The standard InChI is InChI=1S/C13H13BrClNS/c14-12-4-5-17-13(12)7-10(8-16)9-2-1-3-11(15)6-9/h1-6,10H,7-8,16H2. The molecule has 1 unspecified atom stereocenters. The van der Waals surface area contributed by atoms with E-state index in [-0.39, 0.29) is 0 Å². The molecule has 0 aliphatic carbocycles. The molecule has 4 heteroatoms. The Balaban J connectivity index is 2.20. The Bertz CT molecular complexity index is 498. The molecule has 1 atom stereocenters. The lowest BCUT2D eigenvalue weighted by Gasteiger charge is -2.15. The highest BCUT2D eigenvalue weighted by atomic mass is 79.9. The second-order valence-corrected chi connectivity index (χ2v) is 6.17. The zero-order valence-electron chi connectivity index (χ0n) is 9.20. The van der Waals surface area contributed by atoms with Crippen LogP contribution in [0.4, 0.5) is 0 Å². The summed E-state index contributed by atoms with van der Waals surface area (Å²) in [4.78, 5) is 1.33. The van der Waals surface area contributed by atoms with E-state index in [1.165, 1.54) is 14.9 Å². The van der Waals surface area contributed by atoms with Crippen LogP contribution in [-0.2, 0) is 6.42 Å². The molecule has 0 saturated heterocycles. The maximum Gasteiger partial charge on any atom is 0.0408 e. The van der Waals surface area contributed by atoms with Gasteiger partial charge in [0.1, 0.15) is 0 Å². The van der Waals surface area contributed by atoms with Crippen molar-refractivity contribution in [1.29, 1.82) is 0 Å². The van der Waals surface area contributed by atoms with Gasteiger partial charge < -0.3 is 5.73 Å². The molecule has 17 heavy (non-hydrogen) atoms. The average Bonchev–Trinajstić information content (AvgIpc) is 2.71. The molecule has 2 rings (SSSR count). The predicted octanol–water partition coefficient (Wildman–Crippen LogP) is 4.45. The van der Waals surface area contributed by atoms with E-state index in [1.54, 1.807) is 11.3 Å². The first-order valence-corrected chi connectivity index (χ1v) is 7.43. The number of halogens is 2. The monoisotopic (exact) mass is 329 g/mol. The molecular formula is C13H13BrClNS. The van der Waals surface area contributed by atoms with Crippen molar-refractivity contribution in [3.05, 3.63) is 55.6 Å². The highest BCUT2D eigenvalue weighted by Crippen LogP contribution is 2.29. The highest BCUT2D eigenvalue weighted by Gasteiger charge is 2.13. The van der Waals surface area contributed by atoms with Crippen LogP contribution in [0.25, 0.3) is 0 Å². The molecule has 2 aromatic rings. The summed E-state index contributed by atoms with van der Waals surface area (Å²) in [6.45, 7) is 0.630. The number of benzene rings is 1. The van der Waals surface area contributed by atoms with E-state index in [9.17, 15) is 0 Å². The van der Waals surface area contributed by atoms with Crippen LogP contribution in [0.3, 0.4) is 0 Å². The van der Waals surface area contributed by atoms with E-state index in [4.69, 9.17) is 17.3 Å². The Hall–Kier alpha value is -0.350. The summed E-state index contributed by atoms with van der Waals surface area (Å²) in [6, 6.07) is 10.0. The minimum Gasteiger partial charge on any atom is -0.330 e. The molecule has 0 aliphatic heterocycles. The van der Waals surface area contributed by atoms with E-state index < -0.39 is 0 Å². The Kier molecular flexibility index (Phi) is 4.62. The van der Waals surface area contributed by atoms with Crippen LogP contribution in [0.5, 0.6) is 0 Å². The van der Waals surface area contributed by atoms with Crippen LogP contribution in [0.15, 0.2) is 40.2 Å². The molecule has 1 nitrogen and oxygen atoms in total. The second kappa shape index (κ2) is 6.01. The molecule has 0 aliphatic rings. The molecule has 1 aromatic heterocycles. The lowest BCUT2D eigenvalue weighted by Crippen LogP contribution is -2.14. The summed E-state index contributed by atoms with van der Waals surface area (Å²) in [5.74, 6) is 0.323. The van der Waals surface area contributed by atoms with E-state index in [1.807, 2.05) is 18.2 Å². The molecule has 0 bridgehead atoms. The number of thiophene rings is 1. The van der Waals surface area contributed by atoms with Crippen molar-refractivity contribution >= 4 is 38.9 Å². The van der Waals surface area contributed by atoms with Gasteiger partial charge in [0.15, 0.2) is 0 Å². The first-order valence-electron chi connectivity index (χ1n) is 5.38. The van der Waals surface area contributed by atoms with Gasteiger partial charge in [-0.15, -0.1) is 11.3 Å². The number of hydrogen-bond donors (Lipinski definition) is 1. The van der Waals surface area contributed by atoms with Gasteiger partial charge in [-0.25, -0.2) is 0 Å². The van der Waals surface area contributed by atoms with Crippen molar-refractivity contribution in [2.75, 3.05) is 6.54 Å². The van der Waals surface area contributed by atoms with Crippen LogP contribution in [0, 0.1) is 0 Å². The van der Waals surface area contributed by atoms with E-state index in [2.05, 4.69) is 33.4 Å². The van der Waals surface area contributed by atoms with Crippen molar-refractivity contribution in [2.24, 2.45) is 5.73 Å². The minimum absolute atomic E-state index is 0.323. The fraction of sp³-hybridized carbons (Fsp3) is 0.231. The zero-order chi connectivity index (χ0) is 12.3. The van der Waals surface area contributed by atoms with Crippen molar-refractivity contribution in [3.63, 3.8) is 0 Å². The molecule has 0 spiro atoms. The predicted molar refractivity (Wildman–Crippen MR) is 79.0 cm³/mol. The molecule has 2 N–H and O–H groups in total. The maximum absolute atomic E-state index is 6.01. The summed E-state index contributed by atoms with van der Waals surface area (Å²) in [7, 11) is 0. The minimum atomic E-state index is 0.323. The molecule has 90 valence electrons. The van der Waals surface area contributed by atoms with Crippen LogP contribution in [0.2, 0.25) is 5.02 Å². The summed E-state index contributed by atoms with van der Waals surface area (Å²) in [6.07, 6.45) is 0.953. The SMILES string of the molecule is NCC(Cc1sccc1Br)c1cccc(Cl)c1. The topological polar surface area (TPSA) is 26.0 Å². The van der Waals surface area contributed by atoms with Gasteiger partial charge in [0.25, 0.3) is 0 Å². The Morgan fingerprint density at radius 3 is 2.76 bits per heavy atom. The fourth-order valence-electron chi connectivity index (χ4n) is 1.79. The van der Waals surface area contributed by atoms with Crippen molar-refractivity contribution in [1.82, 2.24) is 0 Å². The largest absolute Gasteiger partial charge is 0.330 e. The second-order valence-electron chi connectivity index (χ2n) is 3.88. The van der Waals surface area contributed by atoms with Gasteiger partial charge in [-0.2, -0.15) is 0 Å². The van der Waals surface area contributed by atoms with Gasteiger partial charge in [-0.3, -0.25) is 0 Å². The molecule has 0 saturated carbocycles. The van der Waals surface area contributed by atoms with Crippen LogP contribution in [0.1, 0.15) is 16.4 Å². The van der Waals surface area contributed by atoms with E-state index in [0.717, 1.165) is 11.4 Å². The summed E-state index contributed by atoms with van der Waals surface area (Å²) >= 11 is 11.3.